The third-order valence-corrected chi connectivity index (χ3v) is 4.66. The molecule has 0 aliphatic carbocycles. The van der Waals surface area contributed by atoms with Crippen molar-refractivity contribution >= 4 is 23.3 Å². The van der Waals surface area contributed by atoms with Gasteiger partial charge in [-0.25, -0.2) is 4.79 Å². The molecule has 0 aliphatic heterocycles. The summed E-state index contributed by atoms with van der Waals surface area (Å²) in [5, 5.41) is 13.8. The van der Waals surface area contributed by atoms with Crippen LogP contribution in [0.1, 0.15) is 54.6 Å². The number of nitrogens with zero attached hydrogens (tertiary/aromatic N) is 1. The maximum atomic E-state index is 12.5. The molecule has 1 amide bonds. The largest absolute Gasteiger partial charge is 0.449 e. The molecule has 0 fully saturated rings. The maximum absolute atomic E-state index is 12.5. The Morgan fingerprint density at radius 2 is 1.86 bits per heavy atom. The van der Waals surface area contributed by atoms with E-state index in [1.807, 2.05) is 18.2 Å². The Bertz CT molecular complexity index is 894. The Kier molecular flexibility index (Phi) is 6.87. The molecule has 0 heterocycles. The van der Waals surface area contributed by atoms with Crippen LogP contribution in [0.4, 0.5) is 11.4 Å². The van der Waals surface area contributed by atoms with Crippen LogP contribution in [0.25, 0.3) is 0 Å². The van der Waals surface area contributed by atoms with Gasteiger partial charge in [-0.15, -0.1) is 0 Å². The average Bonchev–Trinajstić information content (AvgIpc) is 2.67. The highest BCUT2D eigenvalue weighted by atomic mass is 16.6. The van der Waals surface area contributed by atoms with Crippen molar-refractivity contribution in [2.45, 2.75) is 46.1 Å². The Morgan fingerprint density at radius 3 is 2.50 bits per heavy atom. The second-order valence-electron chi connectivity index (χ2n) is 6.69. The standard InChI is InChI=1S/C21H24N2O5/c1-5-13(2)17-8-6-7-9-18(17)22-20(24)15(4)28-21(25)16-11-10-14(3)19(12-16)23(26)27/h6-13,15H,5H2,1-4H3,(H,22,24)/t13-,15+/m0/s1. The molecule has 0 aromatic heterocycles. The van der Waals surface area contributed by atoms with Crippen LogP contribution >= 0.6 is 0 Å². The number of hydrogen-bond acceptors (Lipinski definition) is 5. The second kappa shape index (κ2) is 9.12. The molecule has 2 rings (SSSR count). The number of nitro benzene ring substituents is 1. The summed E-state index contributed by atoms with van der Waals surface area (Å²) in [6.07, 6.45) is -0.137. The number of nitro groups is 1. The first-order chi connectivity index (χ1) is 13.2. The number of ether oxygens (including phenoxy) is 1. The zero-order valence-electron chi connectivity index (χ0n) is 16.4. The number of hydrogen-bond donors (Lipinski definition) is 1. The lowest BCUT2D eigenvalue weighted by molar-refractivity contribution is -0.385. The predicted molar refractivity (Wildman–Crippen MR) is 106 cm³/mol. The van der Waals surface area contributed by atoms with Gasteiger partial charge in [0.15, 0.2) is 6.10 Å². The zero-order chi connectivity index (χ0) is 20.8. The van der Waals surface area contributed by atoms with Gasteiger partial charge < -0.3 is 10.1 Å². The first-order valence-corrected chi connectivity index (χ1v) is 9.10. The SMILES string of the molecule is CC[C@H](C)c1ccccc1NC(=O)[C@@H](C)OC(=O)c1ccc(C)c([N+](=O)[O-])c1. The van der Waals surface area contributed by atoms with E-state index in [1.54, 1.807) is 13.0 Å². The number of para-hydroxylation sites is 1. The van der Waals surface area contributed by atoms with Crippen molar-refractivity contribution < 1.29 is 19.2 Å². The molecule has 0 radical (unpaired) electrons. The summed E-state index contributed by atoms with van der Waals surface area (Å²) in [6, 6.07) is 11.5. The Balaban J connectivity index is 2.10. The van der Waals surface area contributed by atoms with Gasteiger partial charge in [0, 0.05) is 17.3 Å². The van der Waals surface area contributed by atoms with E-state index in [1.165, 1.54) is 19.1 Å². The van der Waals surface area contributed by atoms with Gasteiger partial charge >= 0.3 is 5.97 Å². The minimum atomic E-state index is -1.06. The highest BCUT2D eigenvalue weighted by Gasteiger charge is 2.22. The van der Waals surface area contributed by atoms with E-state index in [0.717, 1.165) is 18.1 Å². The fourth-order valence-electron chi connectivity index (χ4n) is 2.71. The summed E-state index contributed by atoms with van der Waals surface area (Å²) in [7, 11) is 0. The first-order valence-electron chi connectivity index (χ1n) is 9.10. The van der Waals surface area contributed by atoms with Gasteiger partial charge in [0.05, 0.1) is 10.5 Å². The molecule has 0 unspecified atom stereocenters. The third kappa shape index (κ3) is 4.94. The quantitative estimate of drug-likeness (QED) is 0.427. The minimum absolute atomic E-state index is 0.0250. The van der Waals surface area contributed by atoms with Gasteiger partial charge in [0.25, 0.3) is 11.6 Å². The number of carbonyl (C=O) groups is 2. The molecular weight excluding hydrogens is 360 g/mol. The summed E-state index contributed by atoms with van der Waals surface area (Å²) in [5.41, 5.74) is 1.97. The van der Waals surface area contributed by atoms with Crippen molar-refractivity contribution in [3.05, 3.63) is 69.3 Å². The number of esters is 1. The summed E-state index contributed by atoms with van der Waals surface area (Å²) < 4.78 is 5.20. The summed E-state index contributed by atoms with van der Waals surface area (Å²) in [4.78, 5) is 35.2. The van der Waals surface area contributed by atoms with Crippen molar-refractivity contribution in [1.29, 1.82) is 0 Å². The van der Waals surface area contributed by atoms with E-state index in [2.05, 4.69) is 19.2 Å². The van der Waals surface area contributed by atoms with Crippen LogP contribution in [0.15, 0.2) is 42.5 Å². The monoisotopic (exact) mass is 384 g/mol. The van der Waals surface area contributed by atoms with Crippen LogP contribution in [-0.4, -0.2) is 22.9 Å². The number of carbonyl (C=O) groups excluding carboxylic acids is 2. The second-order valence-corrected chi connectivity index (χ2v) is 6.69. The molecule has 2 aromatic rings. The van der Waals surface area contributed by atoms with Gasteiger partial charge in [-0.1, -0.05) is 38.1 Å². The molecule has 0 bridgehead atoms. The molecule has 1 N–H and O–H groups in total. The Morgan fingerprint density at radius 1 is 1.18 bits per heavy atom. The van der Waals surface area contributed by atoms with Crippen LogP contribution in [0, 0.1) is 17.0 Å². The lowest BCUT2D eigenvalue weighted by Crippen LogP contribution is -2.30. The molecular formula is C21H24N2O5. The van der Waals surface area contributed by atoms with Crippen molar-refractivity contribution in [1.82, 2.24) is 0 Å². The average molecular weight is 384 g/mol. The van der Waals surface area contributed by atoms with E-state index in [9.17, 15) is 19.7 Å². The summed E-state index contributed by atoms with van der Waals surface area (Å²) in [5.74, 6) is -0.992. The van der Waals surface area contributed by atoms with E-state index < -0.39 is 22.9 Å². The summed E-state index contributed by atoms with van der Waals surface area (Å²) in [6.45, 7) is 7.17. The smallest absolute Gasteiger partial charge is 0.339 e. The zero-order valence-corrected chi connectivity index (χ0v) is 16.4. The minimum Gasteiger partial charge on any atom is -0.449 e. The topological polar surface area (TPSA) is 98.5 Å². The normalized spacial score (nSPS) is 12.7. The number of nitrogens with one attached hydrogen (secondary N) is 1. The number of amides is 1. The number of rotatable bonds is 7. The molecule has 2 atom stereocenters. The van der Waals surface area contributed by atoms with Gasteiger partial charge in [-0.05, 0) is 43.9 Å². The fourth-order valence-corrected chi connectivity index (χ4v) is 2.71. The van der Waals surface area contributed by atoms with E-state index >= 15 is 0 Å². The number of anilines is 1. The molecule has 0 spiro atoms. The van der Waals surface area contributed by atoms with Gasteiger partial charge in [0.2, 0.25) is 0 Å². The molecule has 7 nitrogen and oxygen atoms in total. The van der Waals surface area contributed by atoms with Gasteiger partial charge in [-0.2, -0.15) is 0 Å². The van der Waals surface area contributed by atoms with Crippen LogP contribution in [-0.2, 0) is 9.53 Å². The summed E-state index contributed by atoms with van der Waals surface area (Å²) >= 11 is 0. The van der Waals surface area contributed by atoms with Crippen LogP contribution in [0.5, 0.6) is 0 Å². The number of aryl methyl sites for hydroxylation is 1. The predicted octanol–water partition coefficient (Wildman–Crippen LogP) is 4.60. The Hall–Kier alpha value is -3.22. The highest BCUT2D eigenvalue weighted by molar-refractivity contribution is 5.98. The maximum Gasteiger partial charge on any atom is 0.339 e. The van der Waals surface area contributed by atoms with Crippen molar-refractivity contribution in [3.8, 4) is 0 Å². The molecule has 7 heteroatoms. The van der Waals surface area contributed by atoms with Crippen LogP contribution in [0.3, 0.4) is 0 Å². The van der Waals surface area contributed by atoms with Crippen molar-refractivity contribution in [3.63, 3.8) is 0 Å². The molecule has 0 aliphatic rings. The van der Waals surface area contributed by atoms with Gasteiger partial charge in [0.1, 0.15) is 0 Å². The van der Waals surface area contributed by atoms with Gasteiger partial charge in [-0.3, -0.25) is 14.9 Å². The lowest BCUT2D eigenvalue weighted by atomic mass is 9.97. The van der Waals surface area contributed by atoms with Crippen molar-refractivity contribution in [2.75, 3.05) is 5.32 Å². The fraction of sp³-hybridized carbons (Fsp3) is 0.333. The number of benzene rings is 2. The molecule has 148 valence electrons. The lowest BCUT2D eigenvalue weighted by Gasteiger charge is -2.18. The molecule has 2 aromatic carbocycles. The van der Waals surface area contributed by atoms with E-state index in [0.29, 0.717) is 11.3 Å². The van der Waals surface area contributed by atoms with Crippen LogP contribution in [0.2, 0.25) is 0 Å². The third-order valence-electron chi connectivity index (χ3n) is 4.66. The first kappa shape index (κ1) is 21.1. The Labute approximate surface area is 163 Å². The van der Waals surface area contributed by atoms with E-state index in [-0.39, 0.29) is 17.2 Å². The highest BCUT2D eigenvalue weighted by Crippen LogP contribution is 2.27. The van der Waals surface area contributed by atoms with Crippen LogP contribution < -0.4 is 5.32 Å². The molecule has 0 saturated carbocycles. The van der Waals surface area contributed by atoms with E-state index in [4.69, 9.17) is 4.74 Å². The molecule has 0 saturated heterocycles. The molecule has 28 heavy (non-hydrogen) atoms. The van der Waals surface area contributed by atoms with Crippen molar-refractivity contribution in [2.24, 2.45) is 0 Å².